The van der Waals surface area contributed by atoms with E-state index in [0.717, 1.165) is 39.5 Å². The van der Waals surface area contributed by atoms with Crippen LogP contribution in [0.4, 0.5) is 0 Å². The van der Waals surface area contributed by atoms with Gasteiger partial charge in [0.15, 0.2) is 5.82 Å². The average molecular weight is 711 g/mol. The summed E-state index contributed by atoms with van der Waals surface area (Å²) >= 11 is 0. The fourth-order valence-corrected chi connectivity index (χ4v) is 8.59. The maximum atomic E-state index is 5.03. The first-order valence-electron chi connectivity index (χ1n) is 19.2. The lowest BCUT2D eigenvalue weighted by molar-refractivity contribution is 1.18. The zero-order chi connectivity index (χ0) is 37.0. The van der Waals surface area contributed by atoms with E-state index < -0.39 is 0 Å². The molecule has 0 N–H and O–H groups in total. The van der Waals surface area contributed by atoms with Crippen LogP contribution in [0.2, 0.25) is 0 Å². The Balaban J connectivity index is 1.01. The van der Waals surface area contributed by atoms with Crippen LogP contribution in [0.1, 0.15) is 0 Å². The van der Waals surface area contributed by atoms with E-state index in [1.807, 2.05) is 36.4 Å². The molecule has 11 aromatic rings. The van der Waals surface area contributed by atoms with Gasteiger partial charge in [-0.2, -0.15) is 0 Å². The molecule has 0 saturated carbocycles. The molecule has 0 radical (unpaired) electrons. The first kappa shape index (κ1) is 32.0. The summed E-state index contributed by atoms with van der Waals surface area (Å²) in [6, 6.07) is 74.1. The molecule has 0 bridgehead atoms. The highest BCUT2D eigenvalue weighted by molar-refractivity contribution is 6.34. The minimum Gasteiger partial charge on any atom is -0.228 e. The second kappa shape index (κ2) is 13.2. The van der Waals surface area contributed by atoms with Crippen LogP contribution in [-0.4, -0.2) is 9.97 Å². The standard InChI is InChI=1S/C54H34N2/c1-3-13-38(14-4-1)50-34-51(56-54(55-50)40-15-5-2-6-16-40)39-31-27-36(28-32-39)35-25-29-37(30-26-35)49-33-41-17-11-22-46-44-20-9-7-18-42(44)43-19-8-10-21-45(43)47-23-12-24-48(49)53(47)52(41)46/h1-34H. The molecule has 0 aliphatic rings. The van der Waals surface area contributed by atoms with Gasteiger partial charge in [0.05, 0.1) is 11.4 Å². The smallest absolute Gasteiger partial charge is 0.160 e. The average Bonchev–Trinajstić information content (AvgIpc) is 3.28. The number of rotatable bonds is 5. The van der Waals surface area contributed by atoms with Crippen molar-refractivity contribution in [1.82, 2.24) is 9.97 Å². The van der Waals surface area contributed by atoms with E-state index in [9.17, 15) is 0 Å². The largest absolute Gasteiger partial charge is 0.228 e. The van der Waals surface area contributed by atoms with Gasteiger partial charge in [-0.1, -0.05) is 194 Å². The molecule has 11 rings (SSSR count). The second-order valence-electron chi connectivity index (χ2n) is 14.5. The van der Waals surface area contributed by atoms with Crippen LogP contribution in [0, 0.1) is 0 Å². The summed E-state index contributed by atoms with van der Waals surface area (Å²) < 4.78 is 0. The van der Waals surface area contributed by atoms with Crippen molar-refractivity contribution in [3.05, 3.63) is 206 Å². The molecular formula is C54H34N2. The van der Waals surface area contributed by atoms with Gasteiger partial charge in [0.1, 0.15) is 0 Å². The Morgan fingerprint density at radius 3 is 1.25 bits per heavy atom. The number of aromatic nitrogens is 2. The molecular weight excluding hydrogens is 677 g/mol. The Labute approximate surface area is 325 Å². The molecule has 260 valence electrons. The van der Waals surface area contributed by atoms with Crippen LogP contribution in [0.3, 0.4) is 0 Å². The third-order valence-corrected chi connectivity index (χ3v) is 11.3. The molecule has 0 atom stereocenters. The monoisotopic (exact) mass is 710 g/mol. The van der Waals surface area contributed by atoms with Gasteiger partial charge in [-0.25, -0.2) is 9.97 Å². The summed E-state index contributed by atoms with van der Waals surface area (Å²) in [7, 11) is 0. The summed E-state index contributed by atoms with van der Waals surface area (Å²) in [5, 5.41) is 12.8. The van der Waals surface area contributed by atoms with E-state index in [1.165, 1.54) is 70.6 Å². The summed E-state index contributed by atoms with van der Waals surface area (Å²) in [5.41, 5.74) is 9.70. The Morgan fingerprint density at radius 1 is 0.250 bits per heavy atom. The highest BCUT2D eigenvalue weighted by Gasteiger charge is 2.16. The summed E-state index contributed by atoms with van der Waals surface area (Å²) in [4.78, 5) is 10.00. The Bertz CT molecular complexity index is 3200. The lowest BCUT2D eigenvalue weighted by Crippen LogP contribution is -1.95. The fourth-order valence-electron chi connectivity index (χ4n) is 8.59. The first-order chi connectivity index (χ1) is 27.8. The number of hydrogen-bond acceptors (Lipinski definition) is 2. The third-order valence-electron chi connectivity index (χ3n) is 11.3. The van der Waals surface area contributed by atoms with Crippen molar-refractivity contribution in [2.75, 3.05) is 0 Å². The lowest BCUT2D eigenvalue weighted by atomic mass is 9.87. The van der Waals surface area contributed by atoms with Gasteiger partial charge >= 0.3 is 0 Å². The molecule has 0 fully saturated rings. The quantitative estimate of drug-likeness (QED) is 0.166. The fraction of sp³-hybridized carbons (Fsp3) is 0. The van der Waals surface area contributed by atoms with Crippen molar-refractivity contribution in [3.8, 4) is 56.2 Å². The molecule has 0 saturated heterocycles. The normalized spacial score (nSPS) is 11.6. The van der Waals surface area contributed by atoms with Crippen molar-refractivity contribution in [2.45, 2.75) is 0 Å². The first-order valence-corrected chi connectivity index (χ1v) is 19.2. The van der Waals surface area contributed by atoms with E-state index >= 15 is 0 Å². The van der Waals surface area contributed by atoms with Crippen LogP contribution in [0.25, 0.3) is 110 Å². The van der Waals surface area contributed by atoms with E-state index in [1.54, 1.807) is 0 Å². The Kier molecular flexibility index (Phi) is 7.53. The minimum atomic E-state index is 0.720. The lowest BCUT2D eigenvalue weighted by Gasteiger charge is -2.17. The maximum absolute atomic E-state index is 5.03. The van der Waals surface area contributed by atoms with Gasteiger partial charge in [-0.3, -0.25) is 0 Å². The third kappa shape index (κ3) is 5.34. The predicted molar refractivity (Wildman–Crippen MR) is 237 cm³/mol. The van der Waals surface area contributed by atoms with Crippen LogP contribution >= 0.6 is 0 Å². The van der Waals surface area contributed by atoms with Gasteiger partial charge < -0.3 is 0 Å². The molecule has 2 heteroatoms. The van der Waals surface area contributed by atoms with Gasteiger partial charge in [0, 0.05) is 16.7 Å². The number of nitrogens with zero attached hydrogens (tertiary/aromatic N) is 2. The minimum absolute atomic E-state index is 0.720. The maximum Gasteiger partial charge on any atom is 0.160 e. The van der Waals surface area contributed by atoms with Gasteiger partial charge in [-0.05, 0) is 88.2 Å². The zero-order valence-electron chi connectivity index (χ0n) is 30.5. The summed E-state index contributed by atoms with van der Waals surface area (Å²) in [6.07, 6.45) is 0. The number of benzene rings is 9. The number of fused-ring (bicyclic) bond motifs is 5. The molecule has 0 amide bonds. The Hall–Kier alpha value is -7.42. The van der Waals surface area contributed by atoms with Crippen LogP contribution in [0.15, 0.2) is 206 Å². The van der Waals surface area contributed by atoms with Crippen LogP contribution in [-0.2, 0) is 0 Å². The molecule has 0 unspecified atom stereocenters. The second-order valence-corrected chi connectivity index (χ2v) is 14.5. The van der Waals surface area contributed by atoms with Crippen molar-refractivity contribution in [1.29, 1.82) is 0 Å². The van der Waals surface area contributed by atoms with Gasteiger partial charge in [-0.15, -0.1) is 0 Å². The van der Waals surface area contributed by atoms with E-state index in [0.29, 0.717) is 0 Å². The van der Waals surface area contributed by atoms with E-state index in [-0.39, 0.29) is 0 Å². The van der Waals surface area contributed by atoms with Crippen molar-refractivity contribution in [3.63, 3.8) is 0 Å². The molecule has 56 heavy (non-hydrogen) atoms. The summed E-state index contributed by atoms with van der Waals surface area (Å²) in [5.74, 6) is 0.720. The van der Waals surface area contributed by atoms with E-state index in [4.69, 9.17) is 9.97 Å². The van der Waals surface area contributed by atoms with Crippen molar-refractivity contribution >= 4 is 53.9 Å². The van der Waals surface area contributed by atoms with E-state index in [2.05, 4.69) is 170 Å². The molecule has 0 spiro atoms. The topological polar surface area (TPSA) is 25.8 Å². The van der Waals surface area contributed by atoms with Crippen molar-refractivity contribution in [2.24, 2.45) is 0 Å². The highest BCUT2D eigenvalue weighted by Crippen LogP contribution is 2.44. The van der Waals surface area contributed by atoms with Gasteiger partial charge in [0.25, 0.3) is 0 Å². The molecule has 2 nitrogen and oxygen atoms in total. The molecule has 1 heterocycles. The molecule has 10 aromatic carbocycles. The predicted octanol–water partition coefficient (Wildman–Crippen LogP) is 14.6. The van der Waals surface area contributed by atoms with Gasteiger partial charge in [0.2, 0.25) is 0 Å². The highest BCUT2D eigenvalue weighted by atomic mass is 14.9. The van der Waals surface area contributed by atoms with Crippen LogP contribution < -0.4 is 0 Å². The van der Waals surface area contributed by atoms with Crippen molar-refractivity contribution < 1.29 is 0 Å². The SMILES string of the molecule is c1ccc(-c2cc(-c3ccc(-c4ccc(-c5cc6cccc7c8ccccc8c8ccccc8c8cccc5c8c67)cc4)cc3)nc(-c3ccccc3)n2)cc1. The van der Waals surface area contributed by atoms with Crippen LogP contribution in [0.5, 0.6) is 0 Å². The number of hydrogen-bond donors (Lipinski definition) is 0. The Morgan fingerprint density at radius 2 is 0.661 bits per heavy atom. The molecule has 0 aliphatic heterocycles. The summed E-state index contributed by atoms with van der Waals surface area (Å²) in [6.45, 7) is 0. The molecule has 1 aromatic heterocycles. The zero-order valence-corrected chi connectivity index (χ0v) is 30.5. The molecule has 0 aliphatic carbocycles.